The number of phosphoric acid groups is 1. The fraction of sp³-hybridized carbons (Fsp3) is 0.981. The third-order valence-electron chi connectivity index (χ3n) is 13.1. The summed E-state index contributed by atoms with van der Waals surface area (Å²) in [4.78, 5) is 25.4. The van der Waals surface area contributed by atoms with Gasteiger partial charge < -0.3 is 28.8 Å². The molecule has 0 aliphatic carbocycles. The maximum Gasteiger partial charge on any atom is 0.268 e. The lowest BCUT2D eigenvalue weighted by Gasteiger charge is -2.30. The molecule has 8 nitrogen and oxygen atoms in total. The summed E-state index contributed by atoms with van der Waals surface area (Å²) in [6.45, 7) is 4.76. The van der Waals surface area contributed by atoms with E-state index in [1.807, 2.05) is 21.1 Å². The first-order valence-corrected chi connectivity index (χ1v) is 29.3. The van der Waals surface area contributed by atoms with E-state index in [2.05, 4.69) is 19.2 Å². The molecule has 378 valence electrons. The second-order valence-corrected chi connectivity index (χ2v) is 22.1. The van der Waals surface area contributed by atoms with Crippen molar-refractivity contribution in [2.75, 3.05) is 40.9 Å². The maximum absolute atomic E-state index is 12.9. The molecule has 0 rings (SSSR count). The number of carbonyl (C=O) groups excluding carboxylic acids is 1. The van der Waals surface area contributed by atoms with E-state index in [1.165, 1.54) is 225 Å². The normalized spacial score (nSPS) is 14.0. The molecule has 0 aliphatic rings. The number of aliphatic hydroxyl groups is 1. The van der Waals surface area contributed by atoms with Gasteiger partial charge in [0.1, 0.15) is 13.2 Å². The first kappa shape index (κ1) is 62.5. The quantitative estimate of drug-likeness (QED) is 0.0357. The summed E-state index contributed by atoms with van der Waals surface area (Å²) < 4.78 is 23.4. The van der Waals surface area contributed by atoms with Crippen molar-refractivity contribution in [3.63, 3.8) is 0 Å². The van der Waals surface area contributed by atoms with Crippen LogP contribution in [0.1, 0.15) is 290 Å². The number of aliphatic hydroxyl groups excluding tert-OH is 1. The Morgan fingerprint density at radius 1 is 0.492 bits per heavy atom. The van der Waals surface area contributed by atoms with E-state index < -0.39 is 20.0 Å². The largest absolute Gasteiger partial charge is 0.756 e. The molecular weight excluding hydrogens is 804 g/mol. The molecule has 0 aromatic heterocycles. The molecule has 0 aromatic carbocycles. The van der Waals surface area contributed by atoms with E-state index in [-0.39, 0.29) is 19.1 Å². The van der Waals surface area contributed by atoms with E-state index >= 15 is 0 Å². The minimum Gasteiger partial charge on any atom is -0.756 e. The Labute approximate surface area is 393 Å². The maximum atomic E-state index is 12.9. The topological polar surface area (TPSA) is 108 Å². The van der Waals surface area contributed by atoms with Crippen molar-refractivity contribution < 1.29 is 32.9 Å². The SMILES string of the molecule is CCCCCCCCCCCCCCCCCCCCCCCCCCCCCCC(O)C(COP(=O)([O-])OCC[N+](C)(C)C)NC(=O)CCCCCCCCCCCCCCC. The highest BCUT2D eigenvalue weighted by Gasteiger charge is 2.24. The van der Waals surface area contributed by atoms with Gasteiger partial charge in [-0.3, -0.25) is 9.36 Å². The smallest absolute Gasteiger partial charge is 0.268 e. The summed E-state index contributed by atoms with van der Waals surface area (Å²) in [6.07, 6.45) is 54.2. The van der Waals surface area contributed by atoms with Gasteiger partial charge in [0.15, 0.2) is 0 Å². The number of nitrogens with one attached hydrogen (secondary N) is 1. The minimum absolute atomic E-state index is 0.0164. The molecule has 3 unspecified atom stereocenters. The van der Waals surface area contributed by atoms with E-state index in [4.69, 9.17) is 9.05 Å². The van der Waals surface area contributed by atoms with E-state index in [1.54, 1.807) is 0 Å². The van der Waals surface area contributed by atoms with Crippen molar-refractivity contribution >= 4 is 13.7 Å². The van der Waals surface area contributed by atoms with Gasteiger partial charge in [-0.15, -0.1) is 0 Å². The second-order valence-electron chi connectivity index (χ2n) is 20.7. The highest BCUT2D eigenvalue weighted by atomic mass is 31.2. The molecule has 0 radical (unpaired) electrons. The molecule has 3 atom stereocenters. The highest BCUT2D eigenvalue weighted by molar-refractivity contribution is 7.45. The molecule has 0 aliphatic heterocycles. The number of quaternary nitrogens is 1. The summed E-state index contributed by atoms with van der Waals surface area (Å²) >= 11 is 0. The molecule has 0 heterocycles. The Morgan fingerprint density at radius 3 is 1.08 bits per heavy atom. The molecular formula is C54H111N2O6P. The zero-order valence-electron chi connectivity index (χ0n) is 43.1. The van der Waals surface area contributed by atoms with E-state index in [0.717, 1.165) is 38.5 Å². The predicted molar refractivity (Wildman–Crippen MR) is 270 cm³/mol. The standard InChI is InChI=1S/C54H111N2O6P/c1-6-8-10-12-14-16-18-20-21-22-23-24-25-26-27-28-29-30-31-32-33-34-36-37-39-41-43-45-47-53(57)52(51-62-63(59,60)61-50-49-56(3,4)5)55-54(58)48-46-44-42-40-38-35-19-17-15-13-11-9-7-2/h52-53,57H,6-51H2,1-5H3,(H-,55,58,59,60). The number of unbranched alkanes of at least 4 members (excludes halogenated alkanes) is 39. The van der Waals surface area contributed by atoms with Crippen LogP contribution in [0.5, 0.6) is 0 Å². The second kappa shape index (κ2) is 46.6. The molecule has 63 heavy (non-hydrogen) atoms. The fourth-order valence-electron chi connectivity index (χ4n) is 8.69. The molecule has 0 aromatic rings. The van der Waals surface area contributed by atoms with Crippen LogP contribution in [0.2, 0.25) is 0 Å². The van der Waals surface area contributed by atoms with Gasteiger partial charge in [-0.1, -0.05) is 271 Å². The molecule has 0 saturated carbocycles. The lowest BCUT2D eigenvalue weighted by atomic mass is 10.0. The van der Waals surface area contributed by atoms with Gasteiger partial charge in [-0.05, 0) is 12.8 Å². The molecule has 0 spiro atoms. The summed E-state index contributed by atoms with van der Waals surface area (Å²) in [7, 11) is 1.32. The molecule has 0 fully saturated rings. The number of hydrogen-bond acceptors (Lipinski definition) is 6. The number of phosphoric ester groups is 1. The highest BCUT2D eigenvalue weighted by Crippen LogP contribution is 2.38. The van der Waals surface area contributed by atoms with Crippen LogP contribution in [-0.2, 0) is 18.4 Å². The van der Waals surface area contributed by atoms with Crippen molar-refractivity contribution in [3.8, 4) is 0 Å². The third kappa shape index (κ3) is 49.2. The van der Waals surface area contributed by atoms with Gasteiger partial charge in [0.2, 0.25) is 5.91 Å². The van der Waals surface area contributed by atoms with Crippen LogP contribution in [0.4, 0.5) is 0 Å². The molecule has 1 amide bonds. The van der Waals surface area contributed by atoms with Gasteiger partial charge in [0.25, 0.3) is 7.82 Å². The molecule has 0 bridgehead atoms. The summed E-state index contributed by atoms with van der Waals surface area (Å²) in [5, 5.41) is 14.0. The Balaban J connectivity index is 4.04. The zero-order chi connectivity index (χ0) is 46.4. The van der Waals surface area contributed by atoms with E-state index in [9.17, 15) is 19.4 Å². The van der Waals surface area contributed by atoms with Crippen LogP contribution in [0, 0.1) is 0 Å². The number of rotatable bonds is 52. The average molecular weight is 915 g/mol. The van der Waals surface area contributed by atoms with Crippen molar-refractivity contribution in [1.29, 1.82) is 0 Å². The van der Waals surface area contributed by atoms with Crippen LogP contribution >= 0.6 is 7.82 Å². The molecule has 2 N–H and O–H groups in total. The van der Waals surface area contributed by atoms with Gasteiger partial charge in [-0.2, -0.15) is 0 Å². The fourth-order valence-corrected chi connectivity index (χ4v) is 9.41. The predicted octanol–water partition coefficient (Wildman–Crippen LogP) is 15.9. The number of hydrogen-bond donors (Lipinski definition) is 2. The van der Waals surface area contributed by atoms with Crippen LogP contribution in [0.25, 0.3) is 0 Å². The summed E-state index contributed by atoms with van der Waals surface area (Å²) in [6, 6.07) is -0.794. The zero-order valence-corrected chi connectivity index (χ0v) is 44.0. The Morgan fingerprint density at radius 2 is 0.778 bits per heavy atom. The number of nitrogens with zero attached hydrogens (tertiary/aromatic N) is 1. The molecule has 9 heteroatoms. The lowest BCUT2D eigenvalue weighted by molar-refractivity contribution is -0.870. The molecule has 0 saturated heterocycles. The van der Waals surface area contributed by atoms with Crippen LogP contribution in [0.3, 0.4) is 0 Å². The number of likely N-dealkylation sites (N-methyl/N-ethyl adjacent to an activating group) is 1. The Bertz CT molecular complexity index is 994. The number of carbonyl (C=O) groups is 1. The van der Waals surface area contributed by atoms with Gasteiger partial charge in [-0.25, -0.2) is 0 Å². The summed E-state index contributed by atoms with van der Waals surface area (Å²) in [5.74, 6) is -0.159. The van der Waals surface area contributed by atoms with Crippen molar-refractivity contribution in [1.82, 2.24) is 5.32 Å². The van der Waals surface area contributed by atoms with Crippen LogP contribution in [-0.4, -0.2) is 68.5 Å². The monoisotopic (exact) mass is 915 g/mol. The average Bonchev–Trinajstić information content (AvgIpc) is 3.24. The number of amides is 1. The van der Waals surface area contributed by atoms with Crippen molar-refractivity contribution in [3.05, 3.63) is 0 Å². The van der Waals surface area contributed by atoms with Crippen molar-refractivity contribution in [2.24, 2.45) is 0 Å². The third-order valence-corrected chi connectivity index (χ3v) is 14.1. The van der Waals surface area contributed by atoms with Crippen molar-refractivity contribution in [2.45, 2.75) is 302 Å². The van der Waals surface area contributed by atoms with Crippen LogP contribution < -0.4 is 10.2 Å². The minimum atomic E-state index is -4.56. The summed E-state index contributed by atoms with van der Waals surface area (Å²) in [5.41, 5.74) is 0. The Kier molecular flexibility index (Phi) is 46.2. The van der Waals surface area contributed by atoms with Gasteiger partial charge in [0, 0.05) is 6.42 Å². The lowest BCUT2D eigenvalue weighted by Crippen LogP contribution is -2.46. The first-order valence-electron chi connectivity index (χ1n) is 27.9. The van der Waals surface area contributed by atoms with Crippen LogP contribution in [0.15, 0.2) is 0 Å². The Hall–Kier alpha value is -0.500. The van der Waals surface area contributed by atoms with Gasteiger partial charge >= 0.3 is 0 Å². The first-order chi connectivity index (χ1) is 30.5. The van der Waals surface area contributed by atoms with Gasteiger partial charge in [0.05, 0.1) is 39.9 Å². The van der Waals surface area contributed by atoms with E-state index in [0.29, 0.717) is 23.9 Å².